The lowest BCUT2D eigenvalue weighted by Crippen LogP contribution is -2.23. The highest BCUT2D eigenvalue weighted by molar-refractivity contribution is 4.90. The topological polar surface area (TPSA) is 63.0 Å². The van der Waals surface area contributed by atoms with Gasteiger partial charge in [0.1, 0.15) is 0 Å². The summed E-state index contributed by atoms with van der Waals surface area (Å²) in [4.78, 5) is 0. The highest BCUT2D eigenvalue weighted by Crippen LogP contribution is 1.89. The molecule has 0 aliphatic carbocycles. The van der Waals surface area contributed by atoms with E-state index in [0.29, 0.717) is 13.1 Å². The fourth-order valence-corrected chi connectivity index (χ4v) is 0.885. The minimum atomic E-state index is -0.318. The second-order valence-electron chi connectivity index (χ2n) is 2.86. The number of nitrogens with one attached hydrogen (secondary N) is 1. The Balaban J connectivity index is 2.24. The lowest BCUT2D eigenvalue weighted by molar-refractivity contribution is 0.191. The maximum Gasteiger partial charge on any atom is 0.0964 e. The van der Waals surface area contributed by atoms with E-state index in [-0.39, 0.29) is 6.10 Å². The van der Waals surface area contributed by atoms with E-state index in [4.69, 9.17) is 5.11 Å². The van der Waals surface area contributed by atoms with E-state index in [1.54, 1.807) is 11.6 Å². The van der Waals surface area contributed by atoms with Crippen LogP contribution < -0.4 is 5.32 Å². The monoisotopic (exact) mass is 170 g/mol. The Morgan fingerprint density at radius 2 is 2.50 bits per heavy atom. The minimum Gasteiger partial charge on any atom is -0.392 e. The first kappa shape index (κ1) is 9.15. The van der Waals surface area contributed by atoms with Gasteiger partial charge in [-0.25, -0.2) is 0 Å². The maximum absolute atomic E-state index is 8.93. The lowest BCUT2D eigenvalue weighted by Gasteiger charge is -2.03. The van der Waals surface area contributed by atoms with E-state index < -0.39 is 0 Å². The van der Waals surface area contributed by atoms with Crippen molar-refractivity contribution in [2.75, 3.05) is 6.54 Å². The Kier molecular flexibility index (Phi) is 3.19. The van der Waals surface area contributed by atoms with Crippen molar-refractivity contribution in [2.24, 2.45) is 7.05 Å². The zero-order valence-electron chi connectivity index (χ0n) is 7.36. The van der Waals surface area contributed by atoms with E-state index in [2.05, 4.69) is 15.6 Å². The molecule has 0 amide bonds. The van der Waals surface area contributed by atoms with Gasteiger partial charge in [-0.2, -0.15) is 0 Å². The number of rotatable bonds is 4. The van der Waals surface area contributed by atoms with Crippen molar-refractivity contribution >= 4 is 0 Å². The van der Waals surface area contributed by atoms with Gasteiger partial charge in [0.2, 0.25) is 0 Å². The molecule has 5 heteroatoms. The number of hydrogen-bond acceptors (Lipinski definition) is 4. The van der Waals surface area contributed by atoms with E-state index in [1.165, 1.54) is 0 Å². The van der Waals surface area contributed by atoms with E-state index >= 15 is 0 Å². The fraction of sp³-hybridized carbons (Fsp3) is 0.714. The number of aromatic nitrogens is 3. The Morgan fingerprint density at radius 1 is 1.75 bits per heavy atom. The van der Waals surface area contributed by atoms with Gasteiger partial charge < -0.3 is 10.4 Å². The van der Waals surface area contributed by atoms with Gasteiger partial charge in [0.05, 0.1) is 11.8 Å². The van der Waals surface area contributed by atoms with Gasteiger partial charge in [-0.15, -0.1) is 5.10 Å². The third-order valence-corrected chi connectivity index (χ3v) is 1.40. The molecule has 0 bridgehead atoms. The molecule has 0 saturated heterocycles. The van der Waals surface area contributed by atoms with E-state index in [0.717, 1.165) is 5.69 Å². The van der Waals surface area contributed by atoms with Crippen LogP contribution in [0, 0.1) is 0 Å². The molecule has 0 aliphatic rings. The summed E-state index contributed by atoms with van der Waals surface area (Å²) < 4.78 is 1.65. The molecule has 0 saturated carbocycles. The third kappa shape index (κ3) is 2.98. The van der Waals surface area contributed by atoms with Crippen LogP contribution in [0.15, 0.2) is 6.20 Å². The SMILES string of the molecule is CC(O)CNCc1cn(C)nn1. The number of hydrogen-bond donors (Lipinski definition) is 2. The van der Waals surface area contributed by atoms with Crippen molar-refractivity contribution in [2.45, 2.75) is 19.6 Å². The number of aliphatic hydroxyl groups excluding tert-OH is 1. The molecule has 0 aromatic carbocycles. The summed E-state index contributed by atoms with van der Waals surface area (Å²) in [6.45, 7) is 2.97. The quantitative estimate of drug-likeness (QED) is 0.626. The van der Waals surface area contributed by atoms with Crippen LogP contribution in [0.3, 0.4) is 0 Å². The zero-order valence-corrected chi connectivity index (χ0v) is 7.36. The molecule has 12 heavy (non-hydrogen) atoms. The second-order valence-corrected chi connectivity index (χ2v) is 2.86. The van der Waals surface area contributed by atoms with Crippen LogP contribution >= 0.6 is 0 Å². The summed E-state index contributed by atoms with van der Waals surface area (Å²) in [5, 5.41) is 19.6. The van der Waals surface area contributed by atoms with Crippen molar-refractivity contribution in [3.8, 4) is 0 Å². The average molecular weight is 170 g/mol. The highest BCUT2D eigenvalue weighted by atomic mass is 16.3. The Morgan fingerprint density at radius 3 is 3.00 bits per heavy atom. The van der Waals surface area contributed by atoms with Crippen molar-refractivity contribution in [1.29, 1.82) is 0 Å². The van der Waals surface area contributed by atoms with Gasteiger partial charge in [-0.1, -0.05) is 5.21 Å². The summed E-state index contributed by atoms with van der Waals surface area (Å²) in [5.74, 6) is 0. The molecule has 0 radical (unpaired) electrons. The average Bonchev–Trinajstić information content (AvgIpc) is 2.35. The first-order valence-corrected chi connectivity index (χ1v) is 3.92. The van der Waals surface area contributed by atoms with E-state index in [1.807, 2.05) is 13.2 Å². The highest BCUT2D eigenvalue weighted by Gasteiger charge is 1.98. The Bertz CT molecular complexity index is 233. The zero-order chi connectivity index (χ0) is 8.97. The molecule has 1 aromatic rings. The third-order valence-electron chi connectivity index (χ3n) is 1.40. The molecule has 1 aromatic heterocycles. The summed E-state index contributed by atoms with van der Waals surface area (Å²) >= 11 is 0. The van der Waals surface area contributed by atoms with Gasteiger partial charge in [0.15, 0.2) is 0 Å². The van der Waals surface area contributed by atoms with Crippen LogP contribution in [0.5, 0.6) is 0 Å². The molecule has 68 valence electrons. The molecule has 0 aliphatic heterocycles. The molecule has 0 spiro atoms. The minimum absolute atomic E-state index is 0.318. The lowest BCUT2D eigenvalue weighted by atomic mass is 10.4. The first-order valence-electron chi connectivity index (χ1n) is 3.92. The summed E-state index contributed by atoms with van der Waals surface area (Å²) in [6, 6.07) is 0. The predicted octanol–water partition coefficient (Wildman–Crippen LogP) is -0.715. The van der Waals surface area contributed by atoms with Gasteiger partial charge in [0, 0.05) is 26.3 Å². The number of nitrogens with zero attached hydrogens (tertiary/aromatic N) is 3. The summed E-state index contributed by atoms with van der Waals surface area (Å²) in [7, 11) is 1.82. The predicted molar refractivity (Wildman–Crippen MR) is 44.4 cm³/mol. The van der Waals surface area contributed by atoms with Crippen LogP contribution in [0.1, 0.15) is 12.6 Å². The van der Waals surface area contributed by atoms with Gasteiger partial charge in [0.25, 0.3) is 0 Å². The molecule has 0 fully saturated rings. The van der Waals surface area contributed by atoms with Gasteiger partial charge >= 0.3 is 0 Å². The molecule has 2 N–H and O–H groups in total. The largest absolute Gasteiger partial charge is 0.392 e. The van der Waals surface area contributed by atoms with Crippen LogP contribution in [-0.2, 0) is 13.6 Å². The van der Waals surface area contributed by atoms with Crippen LogP contribution in [0.2, 0.25) is 0 Å². The van der Waals surface area contributed by atoms with Crippen molar-refractivity contribution in [3.05, 3.63) is 11.9 Å². The number of aryl methyl sites for hydroxylation is 1. The first-order chi connectivity index (χ1) is 5.68. The molecule has 1 heterocycles. The van der Waals surface area contributed by atoms with Crippen LogP contribution in [0.4, 0.5) is 0 Å². The number of aliphatic hydroxyl groups is 1. The van der Waals surface area contributed by atoms with Crippen LogP contribution in [0.25, 0.3) is 0 Å². The molecule has 1 atom stereocenters. The van der Waals surface area contributed by atoms with Crippen molar-refractivity contribution in [1.82, 2.24) is 20.3 Å². The molecule has 1 rings (SSSR count). The Labute approximate surface area is 71.4 Å². The van der Waals surface area contributed by atoms with Crippen molar-refractivity contribution < 1.29 is 5.11 Å². The fourth-order valence-electron chi connectivity index (χ4n) is 0.885. The van der Waals surface area contributed by atoms with Crippen LogP contribution in [-0.4, -0.2) is 32.7 Å². The molecular weight excluding hydrogens is 156 g/mol. The van der Waals surface area contributed by atoms with Gasteiger partial charge in [-0.3, -0.25) is 4.68 Å². The Hall–Kier alpha value is -0.940. The summed E-state index contributed by atoms with van der Waals surface area (Å²) in [5.41, 5.74) is 0.887. The smallest absolute Gasteiger partial charge is 0.0964 e. The standard InChI is InChI=1S/C7H14N4O/c1-6(12)3-8-4-7-5-11(2)10-9-7/h5-6,8,12H,3-4H2,1-2H3. The summed E-state index contributed by atoms with van der Waals surface area (Å²) in [6.07, 6.45) is 1.52. The molecule has 1 unspecified atom stereocenters. The maximum atomic E-state index is 8.93. The van der Waals surface area contributed by atoms with Crippen molar-refractivity contribution in [3.63, 3.8) is 0 Å². The van der Waals surface area contributed by atoms with E-state index in [9.17, 15) is 0 Å². The molecular formula is C7H14N4O. The molecule has 5 nitrogen and oxygen atoms in total. The second kappa shape index (κ2) is 4.18. The normalized spacial score (nSPS) is 13.2. The van der Waals surface area contributed by atoms with Gasteiger partial charge in [-0.05, 0) is 6.92 Å².